The van der Waals surface area contributed by atoms with Gasteiger partial charge in [0.1, 0.15) is 23.6 Å². The number of allylic oxidation sites excluding steroid dienone is 4. The van der Waals surface area contributed by atoms with Crippen molar-refractivity contribution < 1.29 is 19.8 Å². The van der Waals surface area contributed by atoms with Crippen molar-refractivity contribution in [3.63, 3.8) is 0 Å². The maximum absolute atomic E-state index is 11.9. The van der Waals surface area contributed by atoms with Gasteiger partial charge in [0.25, 0.3) is 0 Å². The lowest BCUT2D eigenvalue weighted by atomic mass is 9.94. The largest absolute Gasteiger partial charge is 0.512 e. The number of hydrogen-bond acceptors (Lipinski definition) is 6. The summed E-state index contributed by atoms with van der Waals surface area (Å²) in [6.45, 7) is 5.58. The molecule has 2 atom stereocenters. The van der Waals surface area contributed by atoms with Gasteiger partial charge in [-0.1, -0.05) is 60.7 Å². The Bertz CT molecular complexity index is 972. The Hall–Kier alpha value is -3.80. The van der Waals surface area contributed by atoms with Crippen molar-refractivity contribution in [3.8, 4) is 0 Å². The van der Waals surface area contributed by atoms with Crippen LogP contribution in [0.15, 0.2) is 93.3 Å². The highest BCUT2D eigenvalue weighted by atomic mass is 16.3. The molecule has 2 rings (SSSR count). The molecule has 0 amide bonds. The topological polar surface area (TPSA) is 99.3 Å². The van der Waals surface area contributed by atoms with Crippen LogP contribution >= 0.6 is 0 Å². The first kappa shape index (κ1) is 24.5. The number of rotatable bonds is 9. The van der Waals surface area contributed by atoms with Crippen molar-refractivity contribution in [2.75, 3.05) is 0 Å². The number of aliphatic hydroxyl groups excluding tert-OH is 2. The third kappa shape index (κ3) is 6.60. The highest BCUT2D eigenvalue weighted by molar-refractivity contribution is 6.13. The Balaban J connectivity index is 2.67. The quantitative estimate of drug-likeness (QED) is 0.312. The Morgan fingerprint density at radius 1 is 0.656 bits per heavy atom. The molecule has 0 fully saturated rings. The van der Waals surface area contributed by atoms with Crippen LogP contribution in [0.4, 0.5) is 0 Å². The minimum atomic E-state index is -0.559. The monoisotopic (exact) mass is 432 g/mol. The first-order valence-corrected chi connectivity index (χ1v) is 10.2. The standard InChI is InChI=1S/C26H28N2O4/c1-17(29)23(18(2)30)15-27-25(21-11-7-5-8-12-21)26(22-13-9-6-10-14-22)28-16-24(19(3)31)20(4)32/h5-16,25-26,29,31H,1-4H3/b23-17+,24-19+,27-15?,28-16?/t25-,26-/m0/s1. The van der Waals surface area contributed by atoms with E-state index in [1.807, 2.05) is 60.7 Å². The Labute approximate surface area is 188 Å². The maximum atomic E-state index is 11.9. The molecule has 2 aromatic rings. The molecule has 0 heterocycles. The zero-order valence-corrected chi connectivity index (χ0v) is 18.7. The minimum Gasteiger partial charge on any atom is -0.512 e. The summed E-state index contributed by atoms with van der Waals surface area (Å²) in [6, 6.07) is 17.7. The van der Waals surface area contributed by atoms with Gasteiger partial charge in [-0.15, -0.1) is 0 Å². The molecule has 0 aromatic heterocycles. The Kier molecular flexibility index (Phi) is 8.83. The molecule has 2 N–H and O–H groups in total. The van der Waals surface area contributed by atoms with Gasteiger partial charge in [-0.25, -0.2) is 0 Å². The number of Topliss-reactive ketones (excluding diaryl/α,β-unsaturated/α-hetero) is 2. The van der Waals surface area contributed by atoms with E-state index in [-0.39, 0.29) is 34.2 Å². The van der Waals surface area contributed by atoms with Crippen molar-refractivity contribution in [1.29, 1.82) is 0 Å². The van der Waals surface area contributed by atoms with E-state index < -0.39 is 12.1 Å². The van der Waals surface area contributed by atoms with Crippen LogP contribution in [0.2, 0.25) is 0 Å². The molecule has 0 saturated carbocycles. The van der Waals surface area contributed by atoms with Crippen molar-refractivity contribution >= 4 is 24.0 Å². The van der Waals surface area contributed by atoms with E-state index in [1.165, 1.54) is 40.1 Å². The summed E-state index contributed by atoms with van der Waals surface area (Å²) in [5.41, 5.74) is 1.89. The average Bonchev–Trinajstić information content (AvgIpc) is 2.75. The number of benzene rings is 2. The van der Waals surface area contributed by atoms with E-state index in [1.54, 1.807) is 0 Å². The molecule has 0 aliphatic rings. The Morgan fingerprint density at radius 2 is 0.969 bits per heavy atom. The molecule has 0 bridgehead atoms. The summed E-state index contributed by atoms with van der Waals surface area (Å²) in [6.07, 6.45) is 2.72. The van der Waals surface area contributed by atoms with Gasteiger partial charge < -0.3 is 10.2 Å². The van der Waals surface area contributed by atoms with E-state index in [9.17, 15) is 19.8 Å². The van der Waals surface area contributed by atoms with Crippen LogP contribution in [0.5, 0.6) is 0 Å². The summed E-state index contributed by atoms with van der Waals surface area (Å²) in [5.74, 6) is -0.855. The molecule has 0 unspecified atom stereocenters. The van der Waals surface area contributed by atoms with Crippen molar-refractivity contribution in [3.05, 3.63) is 94.5 Å². The summed E-state index contributed by atoms with van der Waals surface area (Å²) >= 11 is 0. The lowest BCUT2D eigenvalue weighted by molar-refractivity contribution is -0.114. The van der Waals surface area contributed by atoms with Crippen LogP contribution < -0.4 is 0 Å². The molecule has 0 aliphatic heterocycles. The second-order valence-corrected chi connectivity index (χ2v) is 7.38. The third-order valence-electron chi connectivity index (χ3n) is 4.85. The van der Waals surface area contributed by atoms with Crippen molar-refractivity contribution in [1.82, 2.24) is 0 Å². The lowest BCUT2D eigenvalue weighted by Gasteiger charge is -2.22. The molecule has 0 spiro atoms. The molecule has 166 valence electrons. The van der Waals surface area contributed by atoms with Crippen LogP contribution in [0, 0.1) is 0 Å². The molecule has 0 saturated heterocycles. The van der Waals surface area contributed by atoms with Gasteiger partial charge in [0.15, 0.2) is 11.6 Å². The fraction of sp³-hybridized carbons (Fsp3) is 0.231. The predicted octanol–water partition coefficient (Wildman–Crippen LogP) is 5.45. The number of aliphatic imine (C=N–C) groups is 2. The number of nitrogens with zero attached hydrogens (tertiary/aromatic N) is 2. The molecule has 32 heavy (non-hydrogen) atoms. The summed E-state index contributed by atoms with van der Waals surface area (Å²) in [7, 11) is 0. The van der Waals surface area contributed by atoms with Gasteiger partial charge in [-0.2, -0.15) is 0 Å². The van der Waals surface area contributed by atoms with Crippen LogP contribution in [0.3, 0.4) is 0 Å². The maximum Gasteiger partial charge on any atom is 0.164 e. The van der Waals surface area contributed by atoms with Crippen molar-refractivity contribution in [2.45, 2.75) is 39.8 Å². The normalized spacial score (nSPS) is 15.2. The van der Waals surface area contributed by atoms with Gasteiger partial charge in [0.05, 0.1) is 11.1 Å². The molecule has 0 radical (unpaired) electrons. The third-order valence-corrected chi connectivity index (χ3v) is 4.85. The highest BCUT2D eigenvalue weighted by Crippen LogP contribution is 2.35. The Morgan fingerprint density at radius 3 is 1.22 bits per heavy atom. The number of carbonyl (C=O) groups excluding carboxylic acids is 2. The predicted molar refractivity (Wildman–Crippen MR) is 127 cm³/mol. The van der Waals surface area contributed by atoms with Crippen LogP contribution in [-0.2, 0) is 9.59 Å². The highest BCUT2D eigenvalue weighted by Gasteiger charge is 2.24. The van der Waals surface area contributed by atoms with Crippen LogP contribution in [-0.4, -0.2) is 34.2 Å². The number of carbonyl (C=O) groups is 2. The fourth-order valence-electron chi connectivity index (χ4n) is 3.19. The molecular weight excluding hydrogens is 404 g/mol. The number of ketones is 2. The van der Waals surface area contributed by atoms with E-state index >= 15 is 0 Å². The van der Waals surface area contributed by atoms with E-state index in [4.69, 9.17) is 0 Å². The lowest BCUT2D eigenvalue weighted by Crippen LogP contribution is -2.11. The van der Waals surface area contributed by atoms with Crippen molar-refractivity contribution in [2.24, 2.45) is 9.98 Å². The van der Waals surface area contributed by atoms with Crippen LogP contribution in [0.1, 0.15) is 50.9 Å². The number of hydrogen-bond donors (Lipinski definition) is 2. The van der Waals surface area contributed by atoms with Gasteiger partial charge in [-0.3, -0.25) is 19.6 Å². The first-order chi connectivity index (χ1) is 15.2. The second kappa shape index (κ2) is 11.6. The van der Waals surface area contributed by atoms with E-state index in [2.05, 4.69) is 9.98 Å². The minimum absolute atomic E-state index is 0.109. The fourth-order valence-corrected chi connectivity index (χ4v) is 3.19. The van der Waals surface area contributed by atoms with Gasteiger partial charge in [0.2, 0.25) is 0 Å². The molecule has 2 aromatic carbocycles. The van der Waals surface area contributed by atoms with Gasteiger partial charge >= 0.3 is 0 Å². The molecular formula is C26H28N2O4. The average molecular weight is 433 g/mol. The van der Waals surface area contributed by atoms with Gasteiger partial charge in [-0.05, 0) is 38.8 Å². The second-order valence-electron chi connectivity index (χ2n) is 7.38. The first-order valence-electron chi connectivity index (χ1n) is 10.2. The van der Waals surface area contributed by atoms with Gasteiger partial charge in [0, 0.05) is 12.4 Å². The summed E-state index contributed by atoms with van der Waals surface area (Å²) in [5, 5.41) is 19.8. The molecule has 0 aliphatic carbocycles. The smallest absolute Gasteiger partial charge is 0.164 e. The molecule has 6 nitrogen and oxygen atoms in total. The number of aliphatic hydroxyl groups is 2. The van der Waals surface area contributed by atoms with E-state index in [0.717, 1.165) is 11.1 Å². The zero-order chi connectivity index (χ0) is 23.7. The van der Waals surface area contributed by atoms with E-state index in [0.29, 0.717) is 0 Å². The molecule has 6 heteroatoms. The van der Waals surface area contributed by atoms with Crippen LogP contribution in [0.25, 0.3) is 0 Å². The summed E-state index contributed by atoms with van der Waals surface area (Å²) in [4.78, 5) is 33.1. The zero-order valence-electron chi connectivity index (χ0n) is 18.7. The SMILES string of the molecule is CC(=O)/C(C=N[C@@H](c1ccccc1)[C@@H](N=C/C(C(C)=O)=C(/C)O)c1ccccc1)=C(\C)O. The summed E-state index contributed by atoms with van der Waals surface area (Å²) < 4.78 is 0.